The van der Waals surface area contributed by atoms with Crippen LogP contribution in [0.3, 0.4) is 0 Å². The Bertz CT molecular complexity index is 364. The number of nitrogens with two attached hydrogens (primary N) is 1. The number of nitrogens with zero attached hydrogens (tertiary/aromatic N) is 1. The second kappa shape index (κ2) is 5.61. The molecule has 0 bridgehead atoms. The predicted octanol–water partition coefficient (Wildman–Crippen LogP) is 1.30. The molecule has 0 spiro atoms. The summed E-state index contributed by atoms with van der Waals surface area (Å²) < 4.78 is 0. The maximum atomic E-state index is 11.2. The Balaban J connectivity index is 3.04. The minimum Gasteiger partial charge on any atom is -0.396 e. The van der Waals surface area contributed by atoms with Crippen molar-refractivity contribution in [2.24, 2.45) is 11.7 Å². The molecule has 0 aliphatic heterocycles. The van der Waals surface area contributed by atoms with Crippen molar-refractivity contribution in [3.63, 3.8) is 0 Å². The van der Waals surface area contributed by atoms with Gasteiger partial charge in [-0.25, -0.2) is 0 Å². The quantitative estimate of drug-likeness (QED) is 0.788. The van der Waals surface area contributed by atoms with Gasteiger partial charge in [0, 0.05) is 12.1 Å². The van der Waals surface area contributed by atoms with Gasteiger partial charge in [0.1, 0.15) is 0 Å². The van der Waals surface area contributed by atoms with Crippen LogP contribution in [0, 0.1) is 5.92 Å². The van der Waals surface area contributed by atoms with Gasteiger partial charge >= 0.3 is 0 Å². The minimum atomic E-state index is -0.495. The minimum absolute atomic E-state index is 0.0184. The van der Waals surface area contributed by atoms with Crippen LogP contribution in [-0.2, 0) is 0 Å². The number of aliphatic hydroxyl groups excluding tert-OH is 1. The van der Waals surface area contributed by atoms with Crippen molar-refractivity contribution in [1.29, 1.82) is 0 Å². The number of amides is 1. The molecular formula is C12H18N2O2. The van der Waals surface area contributed by atoms with Gasteiger partial charge in [-0.05, 0) is 24.5 Å². The lowest BCUT2D eigenvalue weighted by atomic mass is 9.92. The van der Waals surface area contributed by atoms with E-state index in [1.54, 1.807) is 18.3 Å². The average Bonchev–Trinajstić information content (AvgIpc) is 2.25. The molecule has 0 radical (unpaired) electrons. The number of hydrogen-bond acceptors (Lipinski definition) is 3. The number of primary amides is 1. The maximum absolute atomic E-state index is 11.2. The van der Waals surface area contributed by atoms with Gasteiger partial charge in [-0.15, -0.1) is 0 Å². The summed E-state index contributed by atoms with van der Waals surface area (Å²) in [4.78, 5) is 15.4. The van der Waals surface area contributed by atoms with Crippen LogP contribution < -0.4 is 5.73 Å². The monoisotopic (exact) mass is 222 g/mol. The first-order chi connectivity index (χ1) is 7.56. The summed E-state index contributed by atoms with van der Waals surface area (Å²) >= 11 is 0. The van der Waals surface area contributed by atoms with Crippen molar-refractivity contribution in [3.05, 3.63) is 29.6 Å². The second-order valence-corrected chi connectivity index (χ2v) is 4.31. The summed E-state index contributed by atoms with van der Waals surface area (Å²) in [5.74, 6) is -0.186. The first-order valence-electron chi connectivity index (χ1n) is 5.41. The Kier molecular flexibility index (Phi) is 4.43. The smallest absolute Gasteiger partial charge is 0.250 e. The summed E-state index contributed by atoms with van der Waals surface area (Å²) in [6.07, 6.45) is 2.40. The Labute approximate surface area is 95.5 Å². The van der Waals surface area contributed by atoms with Gasteiger partial charge in [0.05, 0.1) is 17.9 Å². The predicted molar refractivity (Wildman–Crippen MR) is 62.0 cm³/mol. The molecule has 16 heavy (non-hydrogen) atoms. The fourth-order valence-corrected chi connectivity index (χ4v) is 1.79. The molecule has 1 atom stereocenters. The first-order valence-corrected chi connectivity index (χ1v) is 5.41. The summed E-state index contributed by atoms with van der Waals surface area (Å²) in [5, 5.41) is 9.34. The lowest BCUT2D eigenvalue weighted by Gasteiger charge is -2.17. The molecule has 1 heterocycles. The SMILES string of the molecule is CC(C)C[C@@H](CO)c1ncccc1C(N)=O. The number of carbonyl (C=O) groups is 1. The topological polar surface area (TPSA) is 76.2 Å². The summed E-state index contributed by atoms with van der Waals surface area (Å²) in [6, 6.07) is 3.32. The summed E-state index contributed by atoms with van der Waals surface area (Å²) in [6.45, 7) is 4.11. The van der Waals surface area contributed by atoms with Crippen LogP contribution in [0.15, 0.2) is 18.3 Å². The largest absolute Gasteiger partial charge is 0.396 e. The van der Waals surface area contributed by atoms with Crippen molar-refractivity contribution < 1.29 is 9.90 Å². The summed E-state index contributed by atoms with van der Waals surface area (Å²) in [7, 11) is 0. The molecule has 0 unspecified atom stereocenters. The molecule has 0 aromatic carbocycles. The van der Waals surface area contributed by atoms with Gasteiger partial charge in [0.25, 0.3) is 5.91 Å². The molecule has 0 aliphatic carbocycles. The van der Waals surface area contributed by atoms with Crippen LogP contribution in [0.5, 0.6) is 0 Å². The molecule has 4 heteroatoms. The molecule has 1 aromatic heterocycles. The van der Waals surface area contributed by atoms with E-state index in [0.29, 0.717) is 17.2 Å². The Hall–Kier alpha value is -1.42. The van der Waals surface area contributed by atoms with E-state index in [4.69, 9.17) is 5.73 Å². The third-order valence-corrected chi connectivity index (χ3v) is 2.47. The van der Waals surface area contributed by atoms with Crippen LogP contribution in [0.1, 0.15) is 42.2 Å². The molecule has 88 valence electrons. The van der Waals surface area contributed by atoms with Crippen LogP contribution in [0.2, 0.25) is 0 Å². The van der Waals surface area contributed by atoms with Gasteiger partial charge in [0.15, 0.2) is 0 Å². The van der Waals surface area contributed by atoms with E-state index in [-0.39, 0.29) is 12.5 Å². The van der Waals surface area contributed by atoms with E-state index in [1.165, 1.54) is 0 Å². The number of rotatable bonds is 5. The molecule has 3 N–H and O–H groups in total. The molecule has 0 aliphatic rings. The van der Waals surface area contributed by atoms with E-state index in [1.807, 2.05) is 0 Å². The average molecular weight is 222 g/mol. The van der Waals surface area contributed by atoms with E-state index < -0.39 is 5.91 Å². The van der Waals surface area contributed by atoms with Crippen LogP contribution in [-0.4, -0.2) is 22.6 Å². The molecule has 0 fully saturated rings. The van der Waals surface area contributed by atoms with Gasteiger partial charge < -0.3 is 10.8 Å². The van der Waals surface area contributed by atoms with Gasteiger partial charge in [-0.2, -0.15) is 0 Å². The van der Waals surface area contributed by atoms with Crippen molar-refractivity contribution >= 4 is 5.91 Å². The molecule has 4 nitrogen and oxygen atoms in total. The van der Waals surface area contributed by atoms with Crippen molar-refractivity contribution in [2.45, 2.75) is 26.2 Å². The zero-order valence-electron chi connectivity index (χ0n) is 9.68. The normalized spacial score (nSPS) is 12.8. The molecular weight excluding hydrogens is 204 g/mol. The Morgan fingerprint density at radius 1 is 1.56 bits per heavy atom. The first kappa shape index (κ1) is 12.6. The number of hydrogen-bond donors (Lipinski definition) is 2. The molecule has 0 saturated carbocycles. The van der Waals surface area contributed by atoms with Gasteiger partial charge in [-0.1, -0.05) is 13.8 Å². The highest BCUT2D eigenvalue weighted by Gasteiger charge is 2.19. The fraction of sp³-hybridized carbons (Fsp3) is 0.500. The van der Waals surface area contributed by atoms with Crippen molar-refractivity contribution in [3.8, 4) is 0 Å². The lowest BCUT2D eigenvalue weighted by molar-refractivity contribution is 0.0997. The zero-order valence-corrected chi connectivity index (χ0v) is 9.68. The highest BCUT2D eigenvalue weighted by Crippen LogP contribution is 2.24. The van der Waals surface area contributed by atoms with E-state index in [9.17, 15) is 9.90 Å². The zero-order chi connectivity index (χ0) is 12.1. The highest BCUT2D eigenvalue weighted by molar-refractivity contribution is 5.94. The molecule has 0 saturated heterocycles. The second-order valence-electron chi connectivity index (χ2n) is 4.31. The van der Waals surface area contributed by atoms with E-state index >= 15 is 0 Å². The molecule has 1 aromatic rings. The lowest BCUT2D eigenvalue weighted by Crippen LogP contribution is -2.19. The maximum Gasteiger partial charge on any atom is 0.250 e. The van der Waals surface area contributed by atoms with Crippen LogP contribution in [0.4, 0.5) is 0 Å². The number of pyridine rings is 1. The standard InChI is InChI=1S/C12H18N2O2/c1-8(2)6-9(7-15)11-10(12(13)16)4-3-5-14-11/h3-5,8-9,15H,6-7H2,1-2H3,(H2,13,16)/t9-/m0/s1. The third-order valence-electron chi connectivity index (χ3n) is 2.47. The van der Waals surface area contributed by atoms with Gasteiger partial charge in [0.2, 0.25) is 0 Å². The Morgan fingerprint density at radius 3 is 2.75 bits per heavy atom. The fourth-order valence-electron chi connectivity index (χ4n) is 1.79. The van der Waals surface area contributed by atoms with Crippen LogP contribution in [0.25, 0.3) is 0 Å². The van der Waals surface area contributed by atoms with Crippen LogP contribution >= 0.6 is 0 Å². The van der Waals surface area contributed by atoms with E-state index in [2.05, 4.69) is 18.8 Å². The van der Waals surface area contributed by atoms with Crippen molar-refractivity contribution in [1.82, 2.24) is 4.98 Å². The number of aliphatic hydroxyl groups is 1. The number of carbonyl (C=O) groups excluding carboxylic acids is 1. The third kappa shape index (κ3) is 3.03. The van der Waals surface area contributed by atoms with Gasteiger partial charge in [-0.3, -0.25) is 9.78 Å². The van der Waals surface area contributed by atoms with E-state index in [0.717, 1.165) is 6.42 Å². The molecule has 1 rings (SSSR count). The van der Waals surface area contributed by atoms with Crippen molar-refractivity contribution in [2.75, 3.05) is 6.61 Å². The number of aromatic nitrogens is 1. The molecule has 1 amide bonds. The highest BCUT2D eigenvalue weighted by atomic mass is 16.3. The Morgan fingerprint density at radius 2 is 2.25 bits per heavy atom. The summed E-state index contributed by atoms with van der Waals surface area (Å²) in [5.41, 5.74) is 6.29.